The molecule has 0 saturated heterocycles. The molecule has 0 bridgehead atoms. The number of hydrogen-bond acceptors (Lipinski definition) is 3. The molecule has 0 aliphatic carbocycles. The summed E-state index contributed by atoms with van der Waals surface area (Å²) < 4.78 is 26.8. The lowest BCUT2D eigenvalue weighted by Gasteiger charge is -2.06. The summed E-state index contributed by atoms with van der Waals surface area (Å²) >= 11 is 6.10. The molecule has 0 saturated carbocycles. The summed E-state index contributed by atoms with van der Waals surface area (Å²) in [6.07, 6.45) is 0. The molecule has 2 rings (SSSR count). The molecule has 0 fully saturated rings. The normalized spacial score (nSPS) is 12.6. The Morgan fingerprint density at radius 1 is 1.53 bits per heavy atom. The molecule has 2 aromatic rings. The van der Waals surface area contributed by atoms with Gasteiger partial charge in [-0.15, -0.1) is 0 Å². The van der Waals surface area contributed by atoms with Crippen LogP contribution in [-0.4, -0.2) is 14.0 Å². The fourth-order valence-corrected chi connectivity index (χ4v) is 3.35. The van der Waals surface area contributed by atoms with Crippen molar-refractivity contribution in [3.8, 4) is 0 Å². The van der Waals surface area contributed by atoms with Crippen LogP contribution in [0.4, 0.5) is 10.1 Å². The minimum absolute atomic E-state index is 0.174. The summed E-state index contributed by atoms with van der Waals surface area (Å²) in [5, 5.41) is 4.65. The van der Waals surface area contributed by atoms with Crippen molar-refractivity contribution in [2.75, 3.05) is 5.73 Å². The van der Waals surface area contributed by atoms with Crippen LogP contribution in [0.5, 0.6) is 0 Å². The van der Waals surface area contributed by atoms with Crippen molar-refractivity contribution >= 4 is 28.1 Å². The second kappa shape index (κ2) is 5.30. The van der Waals surface area contributed by atoms with E-state index in [2.05, 4.69) is 5.10 Å². The summed E-state index contributed by atoms with van der Waals surface area (Å²) in [6, 6.07) is 3.82. The summed E-state index contributed by atoms with van der Waals surface area (Å²) in [7, 11) is 0.337. The fraction of sp³-hybridized carbons (Fsp3) is 0.250. The number of aryl methyl sites for hydroxylation is 2. The van der Waals surface area contributed by atoms with E-state index in [9.17, 15) is 8.60 Å². The summed E-state index contributed by atoms with van der Waals surface area (Å²) in [5.74, 6) is -0.265. The molecule has 0 aliphatic rings. The number of nitrogens with zero attached hydrogens (tertiary/aromatic N) is 2. The van der Waals surface area contributed by atoms with Gasteiger partial charge in [-0.25, -0.2) is 4.39 Å². The lowest BCUT2D eigenvalue weighted by Crippen LogP contribution is -2.05. The first-order valence-electron chi connectivity index (χ1n) is 5.51. The Morgan fingerprint density at radius 2 is 2.21 bits per heavy atom. The average Bonchev–Trinajstić information content (AvgIpc) is 2.56. The summed E-state index contributed by atoms with van der Waals surface area (Å²) in [4.78, 5) is 0.399. The minimum atomic E-state index is -1.40. The van der Waals surface area contributed by atoms with E-state index >= 15 is 0 Å². The quantitative estimate of drug-likeness (QED) is 0.886. The van der Waals surface area contributed by atoms with E-state index in [0.717, 1.165) is 6.07 Å². The van der Waals surface area contributed by atoms with Crippen molar-refractivity contribution in [1.82, 2.24) is 9.78 Å². The molecule has 1 heterocycles. The highest BCUT2D eigenvalue weighted by atomic mass is 35.5. The number of nitrogen functional groups attached to an aromatic ring is 1. The maximum Gasteiger partial charge on any atom is 0.125 e. The largest absolute Gasteiger partial charge is 0.398 e. The monoisotopic (exact) mass is 301 g/mol. The molecule has 0 spiro atoms. The number of aromatic nitrogens is 2. The van der Waals surface area contributed by atoms with E-state index in [0.29, 0.717) is 21.3 Å². The number of rotatable bonds is 3. The van der Waals surface area contributed by atoms with Crippen LogP contribution in [-0.2, 0) is 23.6 Å². The maximum absolute atomic E-state index is 13.0. The molecule has 0 aliphatic heterocycles. The van der Waals surface area contributed by atoms with Gasteiger partial charge in [0.15, 0.2) is 0 Å². The first-order chi connectivity index (χ1) is 8.90. The molecule has 0 amide bonds. The molecule has 2 N–H and O–H groups in total. The predicted octanol–water partition coefficient (Wildman–Crippen LogP) is 2.41. The Labute approximate surface area is 117 Å². The van der Waals surface area contributed by atoms with Gasteiger partial charge in [0.05, 0.1) is 43.5 Å². The molecule has 4 nitrogen and oxygen atoms in total. The lowest BCUT2D eigenvalue weighted by molar-refractivity contribution is 0.627. The predicted molar refractivity (Wildman–Crippen MR) is 73.9 cm³/mol. The van der Waals surface area contributed by atoms with Crippen LogP contribution in [0, 0.1) is 12.7 Å². The Kier molecular flexibility index (Phi) is 3.91. The van der Waals surface area contributed by atoms with Gasteiger partial charge in [-0.2, -0.15) is 5.10 Å². The molecule has 1 atom stereocenters. The molecular weight excluding hydrogens is 289 g/mol. The van der Waals surface area contributed by atoms with Crippen molar-refractivity contribution in [2.45, 2.75) is 17.6 Å². The number of anilines is 1. The van der Waals surface area contributed by atoms with E-state index in [-0.39, 0.29) is 11.4 Å². The smallest absolute Gasteiger partial charge is 0.125 e. The Morgan fingerprint density at radius 3 is 2.74 bits per heavy atom. The molecule has 102 valence electrons. The third kappa shape index (κ3) is 2.79. The van der Waals surface area contributed by atoms with Gasteiger partial charge < -0.3 is 5.73 Å². The minimum Gasteiger partial charge on any atom is -0.398 e. The highest BCUT2D eigenvalue weighted by molar-refractivity contribution is 7.84. The topological polar surface area (TPSA) is 60.9 Å². The van der Waals surface area contributed by atoms with Crippen molar-refractivity contribution in [1.29, 1.82) is 0 Å². The van der Waals surface area contributed by atoms with Crippen LogP contribution < -0.4 is 5.73 Å². The van der Waals surface area contributed by atoms with Gasteiger partial charge in [-0.1, -0.05) is 11.6 Å². The van der Waals surface area contributed by atoms with Crippen LogP contribution in [0.25, 0.3) is 0 Å². The standard InChI is InChI=1S/C12H13ClFN3OS/c1-7-12(13)10(17(2)16-7)6-19(18)11-4-3-8(14)5-9(11)15/h3-5H,6,15H2,1-2H3. The third-order valence-corrected chi connectivity index (χ3v) is 4.64. The summed E-state index contributed by atoms with van der Waals surface area (Å²) in [5.41, 5.74) is 7.19. The van der Waals surface area contributed by atoms with Gasteiger partial charge in [0, 0.05) is 7.05 Å². The van der Waals surface area contributed by atoms with E-state index < -0.39 is 16.6 Å². The average molecular weight is 302 g/mol. The molecular formula is C12H13ClFN3OS. The lowest BCUT2D eigenvalue weighted by atomic mass is 10.3. The molecule has 7 heteroatoms. The zero-order chi connectivity index (χ0) is 14.2. The van der Waals surface area contributed by atoms with Crippen molar-refractivity contribution in [2.24, 2.45) is 7.05 Å². The maximum atomic E-state index is 13.0. The SMILES string of the molecule is Cc1nn(C)c(CS(=O)c2ccc(F)cc2N)c1Cl. The summed E-state index contributed by atoms with van der Waals surface area (Å²) in [6.45, 7) is 1.78. The fourth-order valence-electron chi connectivity index (χ4n) is 1.77. The zero-order valence-electron chi connectivity index (χ0n) is 10.5. The zero-order valence-corrected chi connectivity index (χ0v) is 12.1. The van der Waals surface area contributed by atoms with Gasteiger partial charge in [0.2, 0.25) is 0 Å². The second-order valence-electron chi connectivity index (χ2n) is 4.14. The first kappa shape index (κ1) is 14.0. The molecule has 19 heavy (non-hydrogen) atoms. The Bertz CT molecular complexity index is 657. The van der Waals surface area contributed by atoms with Gasteiger partial charge in [-0.3, -0.25) is 8.89 Å². The highest BCUT2D eigenvalue weighted by Gasteiger charge is 2.16. The van der Waals surface area contributed by atoms with Gasteiger partial charge >= 0.3 is 0 Å². The van der Waals surface area contributed by atoms with E-state index in [1.54, 1.807) is 18.7 Å². The van der Waals surface area contributed by atoms with E-state index in [4.69, 9.17) is 17.3 Å². The van der Waals surface area contributed by atoms with E-state index in [1.165, 1.54) is 12.1 Å². The number of benzene rings is 1. The molecule has 0 radical (unpaired) electrons. The van der Waals surface area contributed by atoms with Crippen LogP contribution >= 0.6 is 11.6 Å². The van der Waals surface area contributed by atoms with Crippen LogP contribution in [0.15, 0.2) is 23.1 Å². The van der Waals surface area contributed by atoms with Crippen molar-refractivity contribution in [3.05, 3.63) is 40.4 Å². The van der Waals surface area contributed by atoms with Crippen LogP contribution in [0.3, 0.4) is 0 Å². The molecule has 1 unspecified atom stereocenters. The van der Waals surface area contributed by atoms with Crippen molar-refractivity contribution in [3.63, 3.8) is 0 Å². The number of halogens is 2. The first-order valence-corrected chi connectivity index (χ1v) is 7.21. The highest BCUT2D eigenvalue weighted by Crippen LogP contribution is 2.25. The van der Waals surface area contributed by atoms with Crippen LogP contribution in [0.1, 0.15) is 11.4 Å². The van der Waals surface area contributed by atoms with Gasteiger partial charge in [0.25, 0.3) is 0 Å². The van der Waals surface area contributed by atoms with E-state index in [1.807, 2.05) is 0 Å². The Hall–Kier alpha value is -1.40. The molecule has 1 aromatic heterocycles. The Balaban J connectivity index is 2.31. The van der Waals surface area contributed by atoms with Crippen molar-refractivity contribution < 1.29 is 8.60 Å². The number of hydrogen-bond donors (Lipinski definition) is 1. The number of nitrogens with two attached hydrogens (primary N) is 1. The third-order valence-electron chi connectivity index (χ3n) is 2.75. The second-order valence-corrected chi connectivity index (χ2v) is 5.94. The van der Waals surface area contributed by atoms with Crippen LogP contribution in [0.2, 0.25) is 5.02 Å². The van der Waals surface area contributed by atoms with Gasteiger partial charge in [0.1, 0.15) is 5.82 Å². The molecule has 1 aromatic carbocycles. The van der Waals surface area contributed by atoms with Gasteiger partial charge in [-0.05, 0) is 25.1 Å².